The van der Waals surface area contributed by atoms with Gasteiger partial charge in [-0.25, -0.2) is 18.1 Å². The van der Waals surface area contributed by atoms with E-state index in [2.05, 4.69) is 10.1 Å². The number of thiophene rings is 1. The van der Waals surface area contributed by atoms with Gasteiger partial charge in [0, 0.05) is 13.1 Å². The summed E-state index contributed by atoms with van der Waals surface area (Å²) in [5, 5.41) is 4.06. The summed E-state index contributed by atoms with van der Waals surface area (Å²) in [7, 11) is -2.23. The lowest BCUT2D eigenvalue weighted by atomic mass is 10.1. The van der Waals surface area contributed by atoms with Crippen molar-refractivity contribution in [2.45, 2.75) is 17.9 Å². The van der Waals surface area contributed by atoms with Gasteiger partial charge in [-0.05, 0) is 30.7 Å². The average molecular weight is 417 g/mol. The fourth-order valence-corrected chi connectivity index (χ4v) is 5.78. The number of nitrogens with zero attached hydrogens (tertiary/aromatic N) is 4. The summed E-state index contributed by atoms with van der Waals surface area (Å²) in [5.74, 6) is 0. The molecule has 1 unspecified atom stereocenters. The van der Waals surface area contributed by atoms with E-state index in [4.69, 9.17) is 23.2 Å². The summed E-state index contributed by atoms with van der Waals surface area (Å²) < 4.78 is 29.0. The summed E-state index contributed by atoms with van der Waals surface area (Å²) >= 11 is 12.9. The minimum atomic E-state index is -3.75. The fraction of sp³-hybridized carbons (Fsp3) is 0.200. The van der Waals surface area contributed by atoms with Crippen LogP contribution in [0.1, 0.15) is 18.5 Å². The summed E-state index contributed by atoms with van der Waals surface area (Å²) in [6.07, 6.45) is 3.05. The molecule has 0 aliphatic heterocycles. The van der Waals surface area contributed by atoms with Crippen LogP contribution in [0.25, 0.3) is 5.69 Å². The molecule has 0 aliphatic rings. The Balaban J connectivity index is 1.87. The van der Waals surface area contributed by atoms with Gasteiger partial charge < -0.3 is 0 Å². The second kappa shape index (κ2) is 7.05. The van der Waals surface area contributed by atoms with Crippen molar-refractivity contribution in [1.29, 1.82) is 0 Å². The van der Waals surface area contributed by atoms with Crippen molar-refractivity contribution in [2.75, 3.05) is 7.05 Å². The van der Waals surface area contributed by atoms with Crippen molar-refractivity contribution in [3.63, 3.8) is 0 Å². The van der Waals surface area contributed by atoms with Crippen LogP contribution >= 0.6 is 34.5 Å². The highest BCUT2D eigenvalue weighted by molar-refractivity contribution is 7.89. The zero-order chi connectivity index (χ0) is 18.2. The zero-order valence-corrected chi connectivity index (χ0v) is 16.4. The Morgan fingerprint density at radius 2 is 1.92 bits per heavy atom. The number of sulfonamides is 1. The van der Waals surface area contributed by atoms with E-state index in [1.54, 1.807) is 11.0 Å². The molecule has 0 radical (unpaired) electrons. The Hall–Kier alpha value is -1.45. The van der Waals surface area contributed by atoms with E-state index < -0.39 is 10.0 Å². The molecule has 3 aromatic rings. The van der Waals surface area contributed by atoms with Crippen molar-refractivity contribution in [1.82, 2.24) is 19.1 Å². The van der Waals surface area contributed by atoms with Crippen LogP contribution in [0.3, 0.4) is 0 Å². The second-order valence-corrected chi connectivity index (χ2v) is 9.57. The summed E-state index contributed by atoms with van der Waals surface area (Å²) in [4.78, 5) is 3.93. The molecule has 10 heteroatoms. The first-order valence-corrected chi connectivity index (χ1v) is 10.2. The van der Waals surface area contributed by atoms with Crippen LogP contribution in [0, 0.1) is 0 Å². The topological polar surface area (TPSA) is 68.1 Å². The van der Waals surface area contributed by atoms with Crippen molar-refractivity contribution in [3.8, 4) is 5.69 Å². The molecule has 0 spiro atoms. The Bertz CT molecular complexity index is 970. The SMILES string of the molecule is CC(c1ccc(-n2cncn2)cc1)N(C)S(=O)(=O)c1cc(Cl)sc1Cl. The maximum absolute atomic E-state index is 12.8. The molecule has 132 valence electrons. The largest absolute Gasteiger partial charge is 0.245 e. The van der Waals surface area contributed by atoms with E-state index in [1.165, 1.54) is 23.7 Å². The number of rotatable bonds is 5. The molecule has 0 bridgehead atoms. The maximum atomic E-state index is 12.8. The number of hydrogen-bond donors (Lipinski definition) is 0. The van der Waals surface area contributed by atoms with E-state index in [-0.39, 0.29) is 15.3 Å². The van der Waals surface area contributed by atoms with Crippen molar-refractivity contribution in [2.24, 2.45) is 0 Å². The molecule has 2 heterocycles. The molecular formula is C15H14Cl2N4O2S2. The predicted octanol–water partition coefficient (Wildman–Crippen LogP) is 4.02. The first-order chi connectivity index (χ1) is 11.8. The fourth-order valence-electron chi connectivity index (χ4n) is 2.32. The molecular weight excluding hydrogens is 403 g/mol. The Morgan fingerprint density at radius 3 is 2.44 bits per heavy atom. The number of benzene rings is 1. The highest BCUT2D eigenvalue weighted by atomic mass is 35.5. The van der Waals surface area contributed by atoms with Crippen molar-refractivity contribution >= 4 is 44.6 Å². The normalized spacial score (nSPS) is 13.3. The first kappa shape index (κ1) is 18.3. The Morgan fingerprint density at radius 1 is 1.24 bits per heavy atom. The van der Waals surface area contributed by atoms with Crippen LogP contribution in [0.2, 0.25) is 8.67 Å². The highest BCUT2D eigenvalue weighted by Crippen LogP contribution is 2.37. The third-order valence-corrected chi connectivity index (χ3v) is 7.57. The lowest BCUT2D eigenvalue weighted by Crippen LogP contribution is -2.29. The minimum Gasteiger partial charge on any atom is -0.223 e. The van der Waals surface area contributed by atoms with Gasteiger partial charge in [-0.3, -0.25) is 0 Å². The zero-order valence-electron chi connectivity index (χ0n) is 13.3. The van der Waals surface area contributed by atoms with Crippen LogP contribution in [0.15, 0.2) is 47.9 Å². The lowest BCUT2D eigenvalue weighted by molar-refractivity contribution is 0.398. The quantitative estimate of drug-likeness (QED) is 0.629. The van der Waals surface area contributed by atoms with Gasteiger partial charge in [-0.15, -0.1) is 11.3 Å². The molecule has 0 N–H and O–H groups in total. The van der Waals surface area contributed by atoms with Gasteiger partial charge in [0.2, 0.25) is 10.0 Å². The minimum absolute atomic E-state index is 0.0257. The van der Waals surface area contributed by atoms with E-state index in [1.807, 2.05) is 31.2 Å². The van der Waals surface area contributed by atoms with Crippen molar-refractivity contribution in [3.05, 3.63) is 57.2 Å². The molecule has 0 aliphatic carbocycles. The van der Waals surface area contributed by atoms with Crippen LogP contribution < -0.4 is 0 Å². The predicted molar refractivity (Wildman–Crippen MR) is 99.1 cm³/mol. The molecule has 1 atom stereocenters. The number of hydrogen-bond acceptors (Lipinski definition) is 5. The average Bonchev–Trinajstić information content (AvgIpc) is 3.23. The smallest absolute Gasteiger partial charge is 0.223 e. The van der Waals surface area contributed by atoms with Crippen LogP contribution in [-0.4, -0.2) is 34.5 Å². The third kappa shape index (κ3) is 3.58. The molecule has 0 fully saturated rings. The van der Waals surface area contributed by atoms with Crippen LogP contribution in [-0.2, 0) is 10.0 Å². The van der Waals surface area contributed by atoms with E-state index in [0.717, 1.165) is 22.6 Å². The highest BCUT2D eigenvalue weighted by Gasteiger charge is 2.29. The van der Waals surface area contributed by atoms with Gasteiger partial charge in [0.1, 0.15) is 21.9 Å². The summed E-state index contributed by atoms with van der Waals surface area (Å²) in [6, 6.07) is 8.42. The van der Waals surface area contributed by atoms with Crippen LogP contribution in [0.4, 0.5) is 0 Å². The summed E-state index contributed by atoms with van der Waals surface area (Å²) in [5.41, 5.74) is 1.68. The Labute approximate surface area is 159 Å². The van der Waals surface area contributed by atoms with E-state index in [0.29, 0.717) is 4.34 Å². The van der Waals surface area contributed by atoms with Gasteiger partial charge in [0.05, 0.1) is 10.0 Å². The molecule has 0 saturated carbocycles. The van der Waals surface area contributed by atoms with E-state index >= 15 is 0 Å². The van der Waals surface area contributed by atoms with Crippen LogP contribution in [0.5, 0.6) is 0 Å². The number of halogens is 2. The maximum Gasteiger partial charge on any atom is 0.245 e. The lowest BCUT2D eigenvalue weighted by Gasteiger charge is -2.24. The van der Waals surface area contributed by atoms with E-state index in [9.17, 15) is 8.42 Å². The third-order valence-electron chi connectivity index (χ3n) is 3.89. The standard InChI is InChI=1S/C15H14Cl2N4O2S2/c1-10(11-3-5-12(6-4-11)21-9-18-8-19-21)20(2)25(22,23)13-7-14(16)24-15(13)17/h3-10H,1-2H3. The molecule has 0 amide bonds. The molecule has 2 aromatic heterocycles. The molecule has 1 aromatic carbocycles. The number of aromatic nitrogens is 3. The summed E-state index contributed by atoms with van der Waals surface area (Å²) in [6.45, 7) is 1.81. The van der Waals surface area contributed by atoms with Gasteiger partial charge >= 0.3 is 0 Å². The molecule has 25 heavy (non-hydrogen) atoms. The molecule has 6 nitrogen and oxygen atoms in total. The van der Waals surface area contributed by atoms with Gasteiger partial charge in [0.25, 0.3) is 0 Å². The molecule has 3 rings (SSSR count). The van der Waals surface area contributed by atoms with Gasteiger partial charge in [-0.1, -0.05) is 35.3 Å². The molecule has 0 saturated heterocycles. The van der Waals surface area contributed by atoms with Crippen molar-refractivity contribution < 1.29 is 8.42 Å². The van der Waals surface area contributed by atoms with Gasteiger partial charge in [0.15, 0.2) is 0 Å². The van der Waals surface area contributed by atoms with Gasteiger partial charge in [-0.2, -0.15) is 9.40 Å². The second-order valence-electron chi connectivity index (χ2n) is 5.32. The first-order valence-electron chi connectivity index (χ1n) is 7.18. The monoisotopic (exact) mass is 416 g/mol. The Kier molecular flexibility index (Phi) is 5.17.